The first-order valence-corrected chi connectivity index (χ1v) is 5.97. The van der Waals surface area contributed by atoms with Crippen molar-refractivity contribution < 1.29 is 9.59 Å². The quantitative estimate of drug-likeness (QED) is 0.539. The van der Waals surface area contributed by atoms with E-state index in [1.54, 1.807) is 0 Å². The Morgan fingerprint density at radius 1 is 1.41 bits per heavy atom. The summed E-state index contributed by atoms with van der Waals surface area (Å²) in [7, 11) is 0. The molecule has 0 aromatic rings. The number of urea groups is 1. The van der Waals surface area contributed by atoms with Crippen LogP contribution in [-0.4, -0.2) is 43.2 Å². The van der Waals surface area contributed by atoms with Gasteiger partial charge in [-0.05, 0) is 33.7 Å². The minimum atomic E-state index is -0.443. The average molecular weight is 242 g/mol. The molecule has 1 rings (SSSR count). The minimum Gasteiger partial charge on any atom is -0.336 e. The second-order valence-corrected chi connectivity index (χ2v) is 5.02. The second kappa shape index (κ2) is 5.97. The van der Waals surface area contributed by atoms with Crippen molar-refractivity contribution in [2.24, 2.45) is 0 Å². The van der Waals surface area contributed by atoms with Crippen LogP contribution in [0.2, 0.25) is 0 Å². The van der Waals surface area contributed by atoms with Gasteiger partial charge in [0.1, 0.15) is 0 Å². The van der Waals surface area contributed by atoms with Gasteiger partial charge in [0.2, 0.25) is 5.91 Å². The summed E-state index contributed by atoms with van der Waals surface area (Å²) in [5.41, 5.74) is -0.0497. The Bertz CT molecular complexity index is 285. The molecular weight excluding hydrogens is 220 g/mol. The lowest BCUT2D eigenvalue weighted by molar-refractivity contribution is -0.119. The van der Waals surface area contributed by atoms with Crippen molar-refractivity contribution in [2.45, 2.75) is 38.8 Å². The van der Waals surface area contributed by atoms with Crippen molar-refractivity contribution in [3.63, 3.8) is 0 Å². The molecule has 0 aliphatic carbocycles. The molecule has 1 saturated heterocycles. The molecule has 1 atom stereocenters. The van der Waals surface area contributed by atoms with Gasteiger partial charge in [0.05, 0.1) is 6.54 Å². The molecule has 3 amide bonds. The first-order valence-electron chi connectivity index (χ1n) is 5.97. The SMILES string of the molecule is CC(C)NC(=O)NC(=O)CNC1(C)CCNC1. The Labute approximate surface area is 102 Å². The predicted molar refractivity (Wildman–Crippen MR) is 65.7 cm³/mol. The zero-order chi connectivity index (χ0) is 12.9. The summed E-state index contributed by atoms with van der Waals surface area (Å²) in [6, 6.07) is -0.422. The Hall–Kier alpha value is -1.14. The molecule has 1 aliphatic rings. The van der Waals surface area contributed by atoms with Crippen molar-refractivity contribution in [1.82, 2.24) is 21.3 Å². The van der Waals surface area contributed by atoms with Crippen LogP contribution in [-0.2, 0) is 4.79 Å². The molecule has 0 aromatic heterocycles. The molecule has 0 bridgehead atoms. The van der Waals surface area contributed by atoms with E-state index < -0.39 is 6.03 Å². The standard InChI is InChI=1S/C11H22N4O2/c1-8(2)14-10(17)15-9(16)6-13-11(3)4-5-12-7-11/h8,12-13H,4-7H2,1-3H3,(H2,14,15,16,17). The lowest BCUT2D eigenvalue weighted by atomic mass is 10.0. The van der Waals surface area contributed by atoms with E-state index in [9.17, 15) is 9.59 Å². The summed E-state index contributed by atoms with van der Waals surface area (Å²) in [6.07, 6.45) is 0.985. The van der Waals surface area contributed by atoms with Crippen LogP contribution in [0, 0.1) is 0 Å². The number of rotatable bonds is 4. The lowest BCUT2D eigenvalue weighted by Crippen LogP contribution is -2.51. The first-order chi connectivity index (χ1) is 7.91. The molecule has 17 heavy (non-hydrogen) atoms. The molecule has 1 unspecified atom stereocenters. The van der Waals surface area contributed by atoms with Crippen molar-refractivity contribution in [3.8, 4) is 0 Å². The zero-order valence-corrected chi connectivity index (χ0v) is 10.7. The number of carbonyl (C=O) groups is 2. The Morgan fingerprint density at radius 2 is 2.12 bits per heavy atom. The van der Waals surface area contributed by atoms with E-state index in [0.29, 0.717) is 0 Å². The van der Waals surface area contributed by atoms with Gasteiger partial charge in [0, 0.05) is 18.1 Å². The molecule has 0 saturated carbocycles. The Balaban J connectivity index is 2.23. The van der Waals surface area contributed by atoms with Crippen LogP contribution >= 0.6 is 0 Å². The molecule has 6 heteroatoms. The van der Waals surface area contributed by atoms with Crippen LogP contribution in [0.25, 0.3) is 0 Å². The van der Waals surface area contributed by atoms with Crippen LogP contribution < -0.4 is 21.3 Å². The minimum absolute atomic E-state index is 0.0207. The van der Waals surface area contributed by atoms with Crippen molar-refractivity contribution >= 4 is 11.9 Å². The number of hydrogen-bond donors (Lipinski definition) is 4. The van der Waals surface area contributed by atoms with Crippen LogP contribution in [0.1, 0.15) is 27.2 Å². The molecule has 1 fully saturated rings. The van der Waals surface area contributed by atoms with Crippen molar-refractivity contribution in [1.29, 1.82) is 0 Å². The summed E-state index contributed by atoms with van der Waals surface area (Å²) >= 11 is 0. The van der Waals surface area contributed by atoms with Gasteiger partial charge in [0.25, 0.3) is 0 Å². The number of imide groups is 1. The van der Waals surface area contributed by atoms with Gasteiger partial charge in [-0.2, -0.15) is 0 Å². The van der Waals surface area contributed by atoms with E-state index in [-0.39, 0.29) is 24.0 Å². The van der Waals surface area contributed by atoms with Gasteiger partial charge in [0.15, 0.2) is 0 Å². The predicted octanol–water partition coefficient (Wildman–Crippen LogP) is -0.438. The highest BCUT2D eigenvalue weighted by molar-refractivity contribution is 5.95. The van der Waals surface area contributed by atoms with E-state index in [0.717, 1.165) is 19.5 Å². The molecule has 1 aliphatic heterocycles. The van der Waals surface area contributed by atoms with Gasteiger partial charge in [-0.1, -0.05) is 0 Å². The maximum absolute atomic E-state index is 11.5. The second-order valence-electron chi connectivity index (χ2n) is 5.02. The largest absolute Gasteiger partial charge is 0.336 e. The van der Waals surface area contributed by atoms with Gasteiger partial charge >= 0.3 is 6.03 Å². The van der Waals surface area contributed by atoms with E-state index in [1.165, 1.54) is 0 Å². The van der Waals surface area contributed by atoms with Crippen LogP contribution in [0.3, 0.4) is 0 Å². The van der Waals surface area contributed by atoms with Crippen molar-refractivity contribution in [3.05, 3.63) is 0 Å². The maximum Gasteiger partial charge on any atom is 0.321 e. The van der Waals surface area contributed by atoms with Gasteiger partial charge in [-0.15, -0.1) is 0 Å². The molecule has 0 spiro atoms. The molecule has 98 valence electrons. The average Bonchev–Trinajstić information content (AvgIpc) is 2.61. The van der Waals surface area contributed by atoms with Crippen molar-refractivity contribution in [2.75, 3.05) is 19.6 Å². The highest BCUT2D eigenvalue weighted by Gasteiger charge is 2.28. The van der Waals surface area contributed by atoms with Crippen LogP contribution in [0.5, 0.6) is 0 Å². The fourth-order valence-electron chi connectivity index (χ4n) is 1.73. The topological polar surface area (TPSA) is 82.3 Å². The van der Waals surface area contributed by atoms with Gasteiger partial charge in [-0.3, -0.25) is 10.1 Å². The Kier molecular flexibility index (Phi) is 4.89. The Morgan fingerprint density at radius 3 is 2.65 bits per heavy atom. The van der Waals surface area contributed by atoms with E-state index in [1.807, 2.05) is 13.8 Å². The smallest absolute Gasteiger partial charge is 0.321 e. The zero-order valence-electron chi connectivity index (χ0n) is 10.7. The summed E-state index contributed by atoms with van der Waals surface area (Å²) in [6.45, 7) is 7.71. The number of carbonyl (C=O) groups excluding carboxylic acids is 2. The summed E-state index contributed by atoms with van der Waals surface area (Å²) in [4.78, 5) is 22.7. The summed E-state index contributed by atoms with van der Waals surface area (Å²) in [5, 5.41) is 11.3. The van der Waals surface area contributed by atoms with Gasteiger partial charge in [-0.25, -0.2) is 4.79 Å². The highest BCUT2D eigenvalue weighted by Crippen LogP contribution is 2.12. The lowest BCUT2D eigenvalue weighted by Gasteiger charge is -2.24. The fourth-order valence-corrected chi connectivity index (χ4v) is 1.73. The monoisotopic (exact) mass is 242 g/mol. The molecular formula is C11H22N4O2. The van der Waals surface area contributed by atoms with E-state index in [2.05, 4.69) is 28.2 Å². The normalized spacial score (nSPS) is 23.8. The third-order valence-electron chi connectivity index (χ3n) is 2.72. The highest BCUT2D eigenvalue weighted by atomic mass is 16.2. The third kappa shape index (κ3) is 5.14. The fraction of sp³-hybridized carbons (Fsp3) is 0.818. The number of amides is 3. The van der Waals surface area contributed by atoms with Crippen LogP contribution in [0.4, 0.5) is 4.79 Å². The summed E-state index contributed by atoms with van der Waals surface area (Å²) in [5.74, 6) is -0.309. The third-order valence-corrected chi connectivity index (χ3v) is 2.72. The maximum atomic E-state index is 11.5. The number of hydrogen-bond acceptors (Lipinski definition) is 4. The molecule has 6 nitrogen and oxygen atoms in total. The van der Waals surface area contributed by atoms with E-state index in [4.69, 9.17) is 0 Å². The van der Waals surface area contributed by atoms with Crippen LogP contribution in [0.15, 0.2) is 0 Å². The van der Waals surface area contributed by atoms with E-state index >= 15 is 0 Å². The molecule has 0 radical (unpaired) electrons. The molecule has 1 heterocycles. The molecule has 0 aromatic carbocycles. The summed E-state index contributed by atoms with van der Waals surface area (Å²) < 4.78 is 0. The molecule has 4 N–H and O–H groups in total. The first kappa shape index (κ1) is 13.9. The van der Waals surface area contributed by atoms with Gasteiger partial charge < -0.3 is 16.0 Å². The number of nitrogens with one attached hydrogen (secondary N) is 4.